The van der Waals surface area contributed by atoms with Crippen LogP contribution in [0.2, 0.25) is 0 Å². The number of fused-ring (bicyclic) bond motifs is 1. The van der Waals surface area contributed by atoms with Gasteiger partial charge in [-0.15, -0.1) is 0 Å². The van der Waals surface area contributed by atoms with Crippen molar-refractivity contribution < 1.29 is 36.9 Å². The summed E-state index contributed by atoms with van der Waals surface area (Å²) in [5, 5.41) is 22.9. The van der Waals surface area contributed by atoms with Crippen LogP contribution in [0.25, 0.3) is 0 Å². The van der Waals surface area contributed by atoms with Gasteiger partial charge in [0.05, 0.1) is 24.8 Å². The maximum absolute atomic E-state index is 13.7. The van der Waals surface area contributed by atoms with Crippen LogP contribution >= 0.6 is 0 Å². The Morgan fingerprint density at radius 3 is 2.40 bits per heavy atom. The number of hydrogen-bond donors (Lipinski definition) is 3. The van der Waals surface area contributed by atoms with Gasteiger partial charge in [0.15, 0.2) is 11.5 Å². The maximum Gasteiger partial charge on any atom is 0.323 e. The minimum absolute atomic E-state index is 0.000172. The van der Waals surface area contributed by atoms with E-state index in [4.69, 9.17) is 13.8 Å². The molecule has 3 atom stereocenters. The van der Waals surface area contributed by atoms with Gasteiger partial charge in [0, 0.05) is 25.2 Å². The van der Waals surface area contributed by atoms with Crippen molar-refractivity contribution in [1.82, 2.24) is 19.5 Å². The van der Waals surface area contributed by atoms with E-state index in [1.54, 1.807) is 39.8 Å². The highest BCUT2D eigenvalue weighted by atomic mass is 32.2. The molecule has 4 rings (SSSR count). The molecule has 3 aromatic rings. The van der Waals surface area contributed by atoms with E-state index in [0.717, 1.165) is 0 Å². The third-order valence-corrected chi connectivity index (χ3v) is 9.34. The van der Waals surface area contributed by atoms with Crippen molar-refractivity contribution in [1.29, 1.82) is 0 Å². The molecule has 14 nitrogen and oxygen atoms in total. The second kappa shape index (κ2) is 12.1. The smallest absolute Gasteiger partial charge is 0.323 e. The number of benzene rings is 1. The van der Waals surface area contributed by atoms with E-state index in [1.165, 1.54) is 29.2 Å². The third-order valence-electron chi connectivity index (χ3n) is 7.27. The Hall–Kier alpha value is -3.95. The van der Waals surface area contributed by atoms with Gasteiger partial charge in [-0.25, -0.2) is 13.2 Å². The number of aliphatic hydroxyl groups is 1. The summed E-state index contributed by atoms with van der Waals surface area (Å²) in [7, 11) is -2.52. The first-order valence-corrected chi connectivity index (χ1v) is 14.8. The summed E-state index contributed by atoms with van der Waals surface area (Å²) in [5.74, 6) is 0.120. The van der Waals surface area contributed by atoms with Crippen LogP contribution in [-0.2, 0) is 10.0 Å². The number of hydrogen-bond acceptors (Lipinski definition) is 10. The number of rotatable bonds is 8. The van der Waals surface area contributed by atoms with Crippen molar-refractivity contribution in [3.63, 3.8) is 0 Å². The summed E-state index contributed by atoms with van der Waals surface area (Å²) >= 11 is 0. The lowest BCUT2D eigenvalue weighted by Gasteiger charge is -2.38. The van der Waals surface area contributed by atoms with Gasteiger partial charge in [0.1, 0.15) is 33.8 Å². The minimum atomic E-state index is -3.96. The first kappa shape index (κ1) is 31.0. The van der Waals surface area contributed by atoms with Gasteiger partial charge in [-0.05, 0) is 52.8 Å². The van der Waals surface area contributed by atoms with Gasteiger partial charge in [0.25, 0.3) is 5.91 Å². The molecule has 0 saturated heterocycles. The van der Waals surface area contributed by atoms with E-state index in [1.807, 2.05) is 6.92 Å². The fourth-order valence-electron chi connectivity index (χ4n) is 4.81. The zero-order chi connectivity index (χ0) is 30.9. The van der Waals surface area contributed by atoms with Gasteiger partial charge in [0.2, 0.25) is 10.0 Å². The van der Waals surface area contributed by atoms with E-state index in [2.05, 4.69) is 20.9 Å². The Morgan fingerprint density at radius 2 is 1.81 bits per heavy atom. The predicted octanol–water partition coefficient (Wildman–Crippen LogP) is 3.08. The number of urea groups is 1. The minimum Gasteiger partial charge on any atom is -0.488 e. The summed E-state index contributed by atoms with van der Waals surface area (Å²) in [4.78, 5) is 27.9. The van der Waals surface area contributed by atoms with Crippen molar-refractivity contribution in [3.05, 3.63) is 46.7 Å². The van der Waals surface area contributed by atoms with Crippen LogP contribution in [0.5, 0.6) is 5.75 Å². The molecule has 0 fully saturated rings. The summed E-state index contributed by atoms with van der Waals surface area (Å²) in [6.45, 7) is 9.89. The number of nitrogens with one attached hydrogen (secondary N) is 2. The van der Waals surface area contributed by atoms with Crippen LogP contribution < -0.4 is 15.4 Å². The first-order chi connectivity index (χ1) is 19.7. The predicted molar refractivity (Wildman–Crippen MR) is 152 cm³/mol. The standard InChI is InChI=1S/C27H36N6O8S/c1-14-11-33(15(2)13-34)26(35)21-10-20(28-27(36)29-24-16(3)30-40-18(24)5)8-9-22(21)39-23(14)12-32(7)42(37,38)25-17(4)31-41-19(25)6/h8-10,14-15,23,34H,11-13H2,1-7H3,(H2,28,29,36)/t14-,15+,23+/m0/s1. The summed E-state index contributed by atoms with van der Waals surface area (Å²) in [5.41, 5.74) is 1.67. The zero-order valence-corrected chi connectivity index (χ0v) is 25.4. The topological polar surface area (TPSA) is 180 Å². The normalized spacial score (nSPS) is 18.2. The average Bonchev–Trinajstić information content (AvgIpc) is 3.45. The number of aryl methyl sites for hydroxylation is 4. The molecule has 0 bridgehead atoms. The van der Waals surface area contributed by atoms with E-state index in [9.17, 15) is 23.1 Å². The molecule has 3 N–H and O–H groups in total. The molecular weight excluding hydrogens is 568 g/mol. The molecule has 0 spiro atoms. The zero-order valence-electron chi connectivity index (χ0n) is 24.6. The molecule has 3 heterocycles. The van der Waals surface area contributed by atoms with Crippen LogP contribution in [-0.4, -0.2) is 83.9 Å². The molecule has 2 aromatic heterocycles. The van der Waals surface area contributed by atoms with Gasteiger partial charge in [-0.3, -0.25) is 4.79 Å². The van der Waals surface area contributed by atoms with Crippen LogP contribution in [0.1, 0.15) is 47.1 Å². The van der Waals surface area contributed by atoms with Crippen LogP contribution in [0.15, 0.2) is 32.1 Å². The van der Waals surface area contributed by atoms with Crippen molar-refractivity contribution in [2.45, 2.75) is 58.6 Å². The number of carbonyl (C=O) groups excluding carboxylic acids is 2. The molecule has 15 heteroatoms. The van der Waals surface area contributed by atoms with E-state index in [0.29, 0.717) is 22.8 Å². The summed E-state index contributed by atoms with van der Waals surface area (Å²) in [6, 6.07) is 3.51. The number of carbonyl (C=O) groups is 2. The molecule has 1 aromatic carbocycles. The fraction of sp³-hybridized carbons (Fsp3) is 0.481. The average molecular weight is 605 g/mol. The highest BCUT2D eigenvalue weighted by Crippen LogP contribution is 2.32. The number of ether oxygens (including phenoxy) is 1. The third kappa shape index (κ3) is 6.12. The van der Waals surface area contributed by atoms with Gasteiger partial charge >= 0.3 is 6.03 Å². The Labute approximate surface area is 244 Å². The second-order valence-electron chi connectivity index (χ2n) is 10.6. The number of aromatic nitrogens is 2. The number of likely N-dealkylation sites (N-methyl/N-ethyl adjacent to an activating group) is 1. The molecule has 0 radical (unpaired) electrons. The van der Waals surface area contributed by atoms with Gasteiger partial charge < -0.3 is 34.4 Å². The molecular formula is C27H36N6O8S. The SMILES string of the molecule is Cc1noc(C)c1NC(=O)Nc1ccc2c(c1)C(=O)N([C@H](C)CO)C[C@H](C)[C@@H](CN(C)S(=O)(=O)c1c(C)noc1C)O2. The number of anilines is 2. The molecule has 3 amide bonds. The Bertz CT molecular complexity index is 1540. The van der Waals surface area contributed by atoms with Crippen molar-refractivity contribution in [3.8, 4) is 5.75 Å². The van der Waals surface area contributed by atoms with E-state index in [-0.39, 0.29) is 53.3 Å². The summed E-state index contributed by atoms with van der Waals surface area (Å²) < 4.78 is 44.4. The highest BCUT2D eigenvalue weighted by molar-refractivity contribution is 7.89. The van der Waals surface area contributed by atoms with E-state index >= 15 is 0 Å². The number of amides is 3. The molecule has 42 heavy (non-hydrogen) atoms. The second-order valence-corrected chi connectivity index (χ2v) is 12.5. The lowest BCUT2D eigenvalue weighted by molar-refractivity contribution is 0.0387. The summed E-state index contributed by atoms with van der Waals surface area (Å²) in [6.07, 6.45) is -0.674. The highest BCUT2D eigenvalue weighted by Gasteiger charge is 2.36. The van der Waals surface area contributed by atoms with Crippen molar-refractivity contribution >= 4 is 33.3 Å². The number of aliphatic hydroxyl groups excluding tert-OH is 1. The lowest BCUT2D eigenvalue weighted by atomic mass is 9.99. The largest absolute Gasteiger partial charge is 0.488 e. The van der Waals surface area contributed by atoms with Gasteiger partial charge in [-0.2, -0.15) is 4.31 Å². The quantitative estimate of drug-likeness (QED) is 0.346. The molecule has 0 saturated carbocycles. The Morgan fingerprint density at radius 1 is 1.14 bits per heavy atom. The van der Waals surface area contributed by atoms with Crippen molar-refractivity contribution in [2.75, 3.05) is 37.4 Å². The molecule has 0 unspecified atom stereocenters. The van der Waals surface area contributed by atoms with Gasteiger partial charge in [-0.1, -0.05) is 17.2 Å². The number of nitrogens with zero attached hydrogens (tertiary/aromatic N) is 4. The maximum atomic E-state index is 13.7. The van der Waals surface area contributed by atoms with Crippen molar-refractivity contribution in [2.24, 2.45) is 5.92 Å². The molecule has 228 valence electrons. The van der Waals surface area contributed by atoms with Crippen LogP contribution in [0, 0.1) is 33.6 Å². The molecule has 1 aliphatic heterocycles. The molecule has 0 aliphatic carbocycles. The first-order valence-electron chi connectivity index (χ1n) is 13.4. The monoisotopic (exact) mass is 604 g/mol. The lowest BCUT2D eigenvalue weighted by Crippen LogP contribution is -2.50. The number of sulfonamides is 1. The molecule has 1 aliphatic rings. The van der Waals surface area contributed by atoms with Crippen LogP contribution in [0.3, 0.4) is 0 Å². The van der Waals surface area contributed by atoms with E-state index < -0.39 is 34.1 Å². The Balaban J connectivity index is 1.64. The fourth-order valence-corrected chi connectivity index (χ4v) is 6.27. The Kier molecular flexibility index (Phi) is 8.94. The van der Waals surface area contributed by atoms with Crippen LogP contribution in [0.4, 0.5) is 16.2 Å².